The number of halogens is 6. The topological polar surface area (TPSA) is 19.9 Å². The second-order valence-corrected chi connectivity index (χ2v) is 7.27. The summed E-state index contributed by atoms with van der Waals surface area (Å²) >= 11 is 33.7. The first-order valence-electron chi connectivity index (χ1n) is 3.58. The average Bonchev–Trinajstić information content (AvgIpc) is 2.00. The summed E-state index contributed by atoms with van der Waals surface area (Å²) in [6, 6.07) is 3.83. The van der Waals surface area contributed by atoms with Crippen molar-refractivity contribution in [1.29, 1.82) is 0 Å². The smallest absolute Gasteiger partial charge is 0.219 e. The Bertz CT molecular complexity index is 364. The van der Waals surface area contributed by atoms with E-state index in [0.717, 1.165) is 0 Å². The van der Waals surface area contributed by atoms with E-state index in [2.05, 4.69) is 0 Å². The Labute approximate surface area is 117 Å². The van der Waals surface area contributed by atoms with Gasteiger partial charge in [-0.3, -0.25) is 5.11 Å². The molecule has 0 N–H and O–H groups in total. The third-order valence-corrected chi connectivity index (χ3v) is 2.88. The Morgan fingerprint density at radius 2 is 1.40 bits per heavy atom. The van der Waals surface area contributed by atoms with Crippen LogP contribution in [-0.2, 0) is 12.7 Å². The van der Waals surface area contributed by atoms with E-state index < -0.39 is 13.3 Å². The molecular weight excluding hydrogens is 325 g/mol. The molecule has 0 saturated heterocycles. The van der Waals surface area contributed by atoms with E-state index in [1.807, 2.05) is 0 Å². The highest BCUT2D eigenvalue weighted by atomic mass is 35.6. The van der Waals surface area contributed by atoms with Gasteiger partial charge in [0.25, 0.3) is 0 Å². The highest BCUT2D eigenvalue weighted by Crippen LogP contribution is 2.46. The highest BCUT2D eigenvalue weighted by molar-refractivity contribution is 6.67. The number of rotatable bonds is 0. The summed E-state index contributed by atoms with van der Waals surface area (Å²) in [6.45, 7) is 0. The van der Waals surface area contributed by atoms with Crippen LogP contribution in [0.5, 0.6) is 5.75 Å². The molecule has 0 saturated carbocycles. The molecule has 1 aromatic rings. The summed E-state index contributed by atoms with van der Waals surface area (Å²) < 4.78 is -3.48. The van der Waals surface area contributed by atoms with E-state index >= 15 is 0 Å². The molecule has 0 atom stereocenters. The van der Waals surface area contributed by atoms with Gasteiger partial charge in [0.15, 0.2) is 5.75 Å². The summed E-state index contributed by atoms with van der Waals surface area (Å²) in [5.74, 6) is -0.423. The van der Waals surface area contributed by atoms with Gasteiger partial charge in [0.1, 0.15) is 0 Å². The van der Waals surface area contributed by atoms with Crippen LogP contribution in [0.1, 0.15) is 11.1 Å². The molecule has 0 aliphatic rings. The van der Waals surface area contributed by atoms with Crippen LogP contribution in [0.2, 0.25) is 0 Å². The fourth-order valence-corrected chi connectivity index (χ4v) is 1.72. The fraction of sp³-hybridized carbons (Fsp3) is 0.250. The van der Waals surface area contributed by atoms with Crippen LogP contribution in [0.4, 0.5) is 0 Å². The molecule has 1 rings (SSSR count). The van der Waals surface area contributed by atoms with Gasteiger partial charge >= 0.3 is 0 Å². The van der Waals surface area contributed by atoms with Crippen molar-refractivity contribution in [3.05, 3.63) is 29.3 Å². The maximum atomic E-state index is 11.4. The SMILES string of the molecule is [O]c1ccc(C(Cl)(Cl)Cl)cc1C(Cl)(Cl)Cl. The monoisotopic (exact) mass is 325 g/mol. The molecule has 0 bridgehead atoms. The Hall–Kier alpha value is 0.760. The zero-order valence-corrected chi connectivity index (χ0v) is 11.4. The van der Waals surface area contributed by atoms with Gasteiger partial charge in [0, 0.05) is 5.56 Å². The molecule has 1 aromatic carbocycles. The molecule has 0 heterocycles. The van der Waals surface area contributed by atoms with Crippen LogP contribution >= 0.6 is 69.6 Å². The summed E-state index contributed by atoms with van der Waals surface area (Å²) in [5, 5.41) is 11.4. The normalized spacial score (nSPS) is 12.9. The Kier molecular flexibility index (Phi) is 4.20. The lowest BCUT2D eigenvalue weighted by Gasteiger charge is -2.16. The lowest BCUT2D eigenvalue weighted by molar-refractivity contribution is 0.350. The van der Waals surface area contributed by atoms with Gasteiger partial charge in [0.2, 0.25) is 7.59 Å². The van der Waals surface area contributed by atoms with Crippen LogP contribution in [0, 0.1) is 0 Å². The first kappa shape index (κ1) is 13.8. The number of benzene rings is 1. The summed E-state index contributed by atoms with van der Waals surface area (Å²) in [7, 11) is 0. The van der Waals surface area contributed by atoms with Gasteiger partial charge in [-0.25, -0.2) is 0 Å². The van der Waals surface area contributed by atoms with Crippen molar-refractivity contribution in [2.75, 3.05) is 0 Å². The molecule has 1 nitrogen and oxygen atoms in total. The van der Waals surface area contributed by atoms with Crippen molar-refractivity contribution in [2.24, 2.45) is 0 Å². The molecule has 0 aliphatic carbocycles. The molecule has 0 fully saturated rings. The molecule has 15 heavy (non-hydrogen) atoms. The lowest BCUT2D eigenvalue weighted by atomic mass is 10.1. The van der Waals surface area contributed by atoms with Crippen molar-refractivity contribution >= 4 is 69.6 Å². The molecule has 0 aliphatic heterocycles. The van der Waals surface area contributed by atoms with Crippen molar-refractivity contribution < 1.29 is 5.11 Å². The largest absolute Gasteiger partial charge is 0.289 e. The molecule has 0 aromatic heterocycles. The van der Waals surface area contributed by atoms with Crippen LogP contribution in [0.25, 0.3) is 0 Å². The Morgan fingerprint density at radius 3 is 1.80 bits per heavy atom. The minimum Gasteiger partial charge on any atom is -0.289 e. The quantitative estimate of drug-likeness (QED) is 0.562. The van der Waals surface area contributed by atoms with Gasteiger partial charge < -0.3 is 0 Å². The maximum absolute atomic E-state index is 11.4. The lowest BCUT2D eigenvalue weighted by Crippen LogP contribution is -2.05. The molecule has 0 amide bonds. The predicted octanol–water partition coefficient (Wildman–Crippen LogP) is 5.48. The minimum absolute atomic E-state index is 0.0451. The molecule has 0 unspecified atom stereocenters. The zero-order chi connectivity index (χ0) is 11.9. The maximum Gasteiger partial charge on any atom is 0.219 e. The third-order valence-electron chi connectivity index (χ3n) is 1.61. The van der Waals surface area contributed by atoms with Crippen molar-refractivity contribution in [3.8, 4) is 5.75 Å². The van der Waals surface area contributed by atoms with Gasteiger partial charge in [0.05, 0.1) is 5.56 Å². The molecule has 1 radical (unpaired) electrons. The summed E-state index contributed by atoms with van der Waals surface area (Å²) in [6.07, 6.45) is 0. The summed E-state index contributed by atoms with van der Waals surface area (Å²) in [5.41, 5.74) is 0.227. The van der Waals surface area contributed by atoms with E-state index in [1.165, 1.54) is 18.2 Å². The third kappa shape index (κ3) is 3.62. The van der Waals surface area contributed by atoms with E-state index in [0.29, 0.717) is 0 Å². The average molecular weight is 328 g/mol. The van der Waals surface area contributed by atoms with E-state index in [1.54, 1.807) is 0 Å². The molecule has 83 valence electrons. The first-order chi connectivity index (χ1) is 6.62. The Balaban J connectivity index is 3.30. The standard InChI is InChI=1S/C8H3Cl6O/c9-7(10,11)4-1-2-6(15)5(3-4)8(12,13)14/h1-3H. The minimum atomic E-state index is -1.83. The van der Waals surface area contributed by atoms with Crippen molar-refractivity contribution in [2.45, 2.75) is 7.59 Å². The van der Waals surface area contributed by atoms with Crippen LogP contribution < -0.4 is 0 Å². The van der Waals surface area contributed by atoms with Gasteiger partial charge in [-0.15, -0.1) is 0 Å². The predicted molar refractivity (Wildman–Crippen MR) is 65.0 cm³/mol. The number of hydrogen-bond acceptors (Lipinski definition) is 0. The summed E-state index contributed by atoms with van der Waals surface area (Å²) in [4.78, 5) is 0. The molecular formula is C8H3Cl6O. The zero-order valence-electron chi connectivity index (χ0n) is 6.91. The second-order valence-electron chi connectivity index (χ2n) is 2.71. The number of hydrogen-bond donors (Lipinski definition) is 0. The molecule has 0 spiro atoms. The van der Waals surface area contributed by atoms with E-state index in [9.17, 15) is 5.11 Å². The first-order valence-corrected chi connectivity index (χ1v) is 5.84. The Morgan fingerprint density at radius 1 is 0.867 bits per heavy atom. The van der Waals surface area contributed by atoms with Crippen molar-refractivity contribution in [3.63, 3.8) is 0 Å². The van der Waals surface area contributed by atoms with E-state index in [4.69, 9.17) is 69.6 Å². The van der Waals surface area contributed by atoms with Crippen LogP contribution in [-0.4, -0.2) is 0 Å². The van der Waals surface area contributed by atoms with E-state index in [-0.39, 0.29) is 11.1 Å². The van der Waals surface area contributed by atoms with Gasteiger partial charge in [-0.2, -0.15) is 0 Å². The highest BCUT2D eigenvalue weighted by Gasteiger charge is 2.31. The van der Waals surface area contributed by atoms with Crippen molar-refractivity contribution in [1.82, 2.24) is 0 Å². The van der Waals surface area contributed by atoms with Crippen LogP contribution in [0.15, 0.2) is 18.2 Å². The van der Waals surface area contributed by atoms with Crippen LogP contribution in [0.3, 0.4) is 0 Å². The number of alkyl halides is 6. The second kappa shape index (κ2) is 4.56. The molecule has 7 heteroatoms. The fourth-order valence-electron chi connectivity index (χ4n) is 0.928. The van der Waals surface area contributed by atoms with Gasteiger partial charge in [-0.1, -0.05) is 75.7 Å². The van der Waals surface area contributed by atoms with Gasteiger partial charge in [-0.05, 0) is 12.1 Å².